The molecule has 0 radical (unpaired) electrons. The Morgan fingerprint density at radius 3 is 2.78 bits per heavy atom. The minimum absolute atomic E-state index is 0.0591. The van der Waals surface area contributed by atoms with Gasteiger partial charge in [-0.05, 0) is 43.4 Å². The van der Waals surface area contributed by atoms with Crippen LogP contribution in [0.15, 0.2) is 18.2 Å². The molecule has 2 N–H and O–H groups in total. The van der Waals surface area contributed by atoms with Gasteiger partial charge in [0.2, 0.25) is 5.91 Å². The molecule has 1 amide bonds. The lowest BCUT2D eigenvalue weighted by molar-refractivity contribution is -0.115. The Kier molecular flexibility index (Phi) is 4.24. The van der Waals surface area contributed by atoms with Gasteiger partial charge in [0.1, 0.15) is 0 Å². The predicted molar refractivity (Wildman–Crippen MR) is 75.9 cm³/mol. The van der Waals surface area contributed by atoms with E-state index in [9.17, 15) is 4.79 Å². The third-order valence-corrected chi connectivity index (χ3v) is 3.65. The van der Waals surface area contributed by atoms with Crippen LogP contribution in [-0.4, -0.2) is 12.5 Å². The SMILES string of the molecule is CCC(=O)Nc1ccc(C)c(NCC2CCC2)c1. The fourth-order valence-electron chi connectivity index (χ4n) is 2.09. The number of aryl methyl sites for hydroxylation is 1. The van der Waals surface area contributed by atoms with Crippen molar-refractivity contribution in [2.24, 2.45) is 5.92 Å². The average molecular weight is 246 g/mol. The van der Waals surface area contributed by atoms with Crippen LogP contribution < -0.4 is 10.6 Å². The first-order valence-corrected chi connectivity index (χ1v) is 6.83. The van der Waals surface area contributed by atoms with Gasteiger partial charge in [-0.15, -0.1) is 0 Å². The van der Waals surface area contributed by atoms with Crippen LogP contribution >= 0.6 is 0 Å². The number of benzene rings is 1. The van der Waals surface area contributed by atoms with Crippen LogP contribution in [-0.2, 0) is 4.79 Å². The first-order chi connectivity index (χ1) is 8.69. The van der Waals surface area contributed by atoms with Crippen molar-refractivity contribution in [3.05, 3.63) is 23.8 Å². The summed E-state index contributed by atoms with van der Waals surface area (Å²) in [6.45, 7) is 5.00. The summed E-state index contributed by atoms with van der Waals surface area (Å²) < 4.78 is 0. The predicted octanol–water partition coefficient (Wildman–Crippen LogP) is 3.56. The standard InChI is InChI=1S/C15H22N2O/c1-3-15(18)17-13-8-7-11(2)14(9-13)16-10-12-5-4-6-12/h7-9,12,16H,3-6,10H2,1-2H3,(H,17,18). The van der Waals surface area contributed by atoms with E-state index in [0.717, 1.165) is 23.8 Å². The summed E-state index contributed by atoms with van der Waals surface area (Å²) in [7, 11) is 0. The van der Waals surface area contributed by atoms with E-state index in [1.54, 1.807) is 0 Å². The van der Waals surface area contributed by atoms with Crippen molar-refractivity contribution in [1.82, 2.24) is 0 Å². The Morgan fingerprint density at radius 1 is 1.39 bits per heavy atom. The first kappa shape index (κ1) is 12.9. The molecule has 0 saturated heterocycles. The van der Waals surface area contributed by atoms with Gasteiger partial charge >= 0.3 is 0 Å². The van der Waals surface area contributed by atoms with Gasteiger partial charge in [-0.2, -0.15) is 0 Å². The fraction of sp³-hybridized carbons (Fsp3) is 0.533. The molecule has 0 unspecified atom stereocenters. The number of rotatable bonds is 5. The van der Waals surface area contributed by atoms with Gasteiger partial charge in [0.15, 0.2) is 0 Å². The fourth-order valence-corrected chi connectivity index (χ4v) is 2.09. The molecule has 98 valence electrons. The highest BCUT2D eigenvalue weighted by Gasteiger charge is 2.17. The molecular formula is C15H22N2O. The van der Waals surface area contributed by atoms with Crippen molar-refractivity contribution in [2.75, 3.05) is 17.2 Å². The lowest BCUT2D eigenvalue weighted by Crippen LogP contribution is -2.21. The van der Waals surface area contributed by atoms with Crippen molar-refractivity contribution >= 4 is 17.3 Å². The quantitative estimate of drug-likeness (QED) is 0.834. The van der Waals surface area contributed by atoms with Crippen molar-refractivity contribution in [2.45, 2.75) is 39.5 Å². The van der Waals surface area contributed by atoms with Gasteiger partial charge in [0, 0.05) is 24.3 Å². The zero-order chi connectivity index (χ0) is 13.0. The van der Waals surface area contributed by atoms with Crippen LogP contribution in [0.2, 0.25) is 0 Å². The summed E-state index contributed by atoms with van der Waals surface area (Å²) >= 11 is 0. The van der Waals surface area contributed by atoms with Crippen molar-refractivity contribution < 1.29 is 4.79 Å². The minimum atomic E-state index is 0.0591. The van der Waals surface area contributed by atoms with Crippen molar-refractivity contribution in [1.29, 1.82) is 0 Å². The lowest BCUT2D eigenvalue weighted by Gasteiger charge is -2.26. The van der Waals surface area contributed by atoms with E-state index in [2.05, 4.69) is 17.6 Å². The van der Waals surface area contributed by atoms with Gasteiger partial charge < -0.3 is 10.6 Å². The second-order valence-electron chi connectivity index (χ2n) is 5.11. The van der Waals surface area contributed by atoms with E-state index in [-0.39, 0.29) is 5.91 Å². The van der Waals surface area contributed by atoms with Crippen LogP contribution in [0.3, 0.4) is 0 Å². The second kappa shape index (κ2) is 5.89. The third-order valence-electron chi connectivity index (χ3n) is 3.65. The van der Waals surface area contributed by atoms with E-state index >= 15 is 0 Å². The van der Waals surface area contributed by atoms with E-state index in [4.69, 9.17) is 0 Å². The molecule has 0 bridgehead atoms. The van der Waals surface area contributed by atoms with Crippen LogP contribution in [0.5, 0.6) is 0 Å². The molecule has 1 saturated carbocycles. The van der Waals surface area contributed by atoms with Gasteiger partial charge in [0.25, 0.3) is 0 Å². The van der Waals surface area contributed by atoms with E-state index in [1.165, 1.54) is 24.8 Å². The Balaban J connectivity index is 1.98. The molecule has 0 spiro atoms. The summed E-state index contributed by atoms with van der Waals surface area (Å²) in [4.78, 5) is 11.4. The number of carbonyl (C=O) groups excluding carboxylic acids is 1. The molecule has 3 heteroatoms. The summed E-state index contributed by atoms with van der Waals surface area (Å²) in [5, 5.41) is 6.39. The lowest BCUT2D eigenvalue weighted by atomic mass is 9.85. The number of carbonyl (C=O) groups is 1. The molecule has 2 rings (SSSR count). The topological polar surface area (TPSA) is 41.1 Å². The van der Waals surface area contributed by atoms with Crippen LogP contribution in [0.4, 0.5) is 11.4 Å². The van der Waals surface area contributed by atoms with Gasteiger partial charge in [-0.1, -0.05) is 19.4 Å². The summed E-state index contributed by atoms with van der Waals surface area (Å²) in [5.41, 5.74) is 3.24. The third kappa shape index (κ3) is 3.25. The monoisotopic (exact) mass is 246 g/mol. The smallest absolute Gasteiger partial charge is 0.224 e. The van der Waals surface area contributed by atoms with Crippen molar-refractivity contribution in [3.8, 4) is 0 Å². The largest absolute Gasteiger partial charge is 0.384 e. The van der Waals surface area contributed by atoms with Crippen LogP contribution in [0.1, 0.15) is 38.2 Å². The maximum atomic E-state index is 11.4. The number of hydrogen-bond donors (Lipinski definition) is 2. The molecule has 3 nitrogen and oxygen atoms in total. The average Bonchev–Trinajstić information content (AvgIpc) is 2.31. The normalized spacial score (nSPS) is 15.0. The molecule has 1 aromatic carbocycles. The summed E-state index contributed by atoms with van der Waals surface area (Å²) in [6.07, 6.45) is 4.58. The highest BCUT2D eigenvalue weighted by atomic mass is 16.1. The van der Waals surface area contributed by atoms with E-state index < -0.39 is 0 Å². The number of amides is 1. The minimum Gasteiger partial charge on any atom is -0.384 e. The molecule has 0 aliphatic heterocycles. The molecule has 0 heterocycles. The molecule has 18 heavy (non-hydrogen) atoms. The number of hydrogen-bond acceptors (Lipinski definition) is 2. The molecule has 1 aliphatic carbocycles. The molecule has 1 fully saturated rings. The number of anilines is 2. The zero-order valence-electron chi connectivity index (χ0n) is 11.3. The Morgan fingerprint density at radius 2 is 2.17 bits per heavy atom. The summed E-state index contributed by atoms with van der Waals surface area (Å²) in [6, 6.07) is 6.04. The van der Waals surface area contributed by atoms with Gasteiger partial charge in [0.05, 0.1) is 0 Å². The van der Waals surface area contributed by atoms with Crippen LogP contribution in [0, 0.1) is 12.8 Å². The maximum absolute atomic E-state index is 11.4. The highest BCUT2D eigenvalue weighted by molar-refractivity contribution is 5.91. The maximum Gasteiger partial charge on any atom is 0.224 e. The van der Waals surface area contributed by atoms with Gasteiger partial charge in [-0.3, -0.25) is 4.79 Å². The molecule has 1 aliphatic rings. The Bertz CT molecular complexity index is 425. The molecule has 0 atom stereocenters. The highest BCUT2D eigenvalue weighted by Crippen LogP contribution is 2.27. The van der Waals surface area contributed by atoms with E-state index in [0.29, 0.717) is 6.42 Å². The van der Waals surface area contributed by atoms with Crippen molar-refractivity contribution in [3.63, 3.8) is 0 Å². The first-order valence-electron chi connectivity index (χ1n) is 6.83. The molecule has 0 aromatic heterocycles. The summed E-state index contributed by atoms with van der Waals surface area (Å²) in [5.74, 6) is 0.891. The number of nitrogens with one attached hydrogen (secondary N) is 2. The van der Waals surface area contributed by atoms with E-state index in [1.807, 2.05) is 25.1 Å². The van der Waals surface area contributed by atoms with Gasteiger partial charge in [-0.25, -0.2) is 0 Å². The van der Waals surface area contributed by atoms with Crippen LogP contribution in [0.25, 0.3) is 0 Å². The molecular weight excluding hydrogens is 224 g/mol. The molecule has 1 aromatic rings. The Labute approximate surface area is 109 Å². The zero-order valence-corrected chi connectivity index (χ0v) is 11.3. The Hall–Kier alpha value is -1.51. The second-order valence-corrected chi connectivity index (χ2v) is 5.11.